The lowest BCUT2D eigenvalue weighted by molar-refractivity contribution is 0.0958. The predicted molar refractivity (Wildman–Crippen MR) is 84.2 cm³/mol. The number of halogens is 2. The molecule has 3 rings (SSSR count). The van der Waals surface area contributed by atoms with Gasteiger partial charge in [0.1, 0.15) is 10.7 Å². The van der Waals surface area contributed by atoms with Crippen molar-refractivity contribution < 1.29 is 9.18 Å². The summed E-state index contributed by atoms with van der Waals surface area (Å²) in [6, 6.07) is 4.88. The van der Waals surface area contributed by atoms with E-state index in [-0.39, 0.29) is 11.7 Å². The Hall–Kier alpha value is -1.27. The fourth-order valence-corrected chi connectivity index (χ4v) is 3.44. The Balaban J connectivity index is 1.51. The van der Waals surface area contributed by atoms with Crippen molar-refractivity contribution >= 4 is 33.2 Å². The van der Waals surface area contributed by atoms with Gasteiger partial charge < -0.3 is 5.32 Å². The molecule has 1 saturated carbocycles. The molecule has 0 aliphatic heterocycles. The third kappa shape index (κ3) is 3.68. The minimum Gasteiger partial charge on any atom is -0.351 e. The van der Waals surface area contributed by atoms with Crippen LogP contribution in [0.2, 0.25) is 0 Å². The van der Waals surface area contributed by atoms with E-state index in [0.717, 1.165) is 10.6 Å². The van der Waals surface area contributed by atoms with Crippen LogP contribution in [0.3, 0.4) is 0 Å². The molecular formula is C15H14BrFN2OS. The SMILES string of the molecule is O=C(NCCc1ccc(F)c(Br)c1)c1cnc(C2CC2)s1. The molecule has 1 aliphatic rings. The third-order valence-electron chi connectivity index (χ3n) is 3.36. The summed E-state index contributed by atoms with van der Waals surface area (Å²) in [5.41, 5.74) is 0.978. The Morgan fingerprint density at radius 1 is 1.48 bits per heavy atom. The van der Waals surface area contributed by atoms with Gasteiger partial charge in [0.15, 0.2) is 0 Å². The minimum atomic E-state index is -0.278. The molecular weight excluding hydrogens is 355 g/mol. The second kappa shape index (κ2) is 6.23. The van der Waals surface area contributed by atoms with Gasteiger partial charge in [-0.3, -0.25) is 4.79 Å². The van der Waals surface area contributed by atoms with E-state index in [1.54, 1.807) is 18.3 Å². The summed E-state index contributed by atoms with van der Waals surface area (Å²) in [6.07, 6.45) is 4.70. The number of nitrogens with zero attached hydrogens (tertiary/aromatic N) is 1. The average molecular weight is 369 g/mol. The summed E-state index contributed by atoms with van der Waals surface area (Å²) in [6.45, 7) is 0.521. The molecule has 1 aromatic heterocycles. The van der Waals surface area contributed by atoms with E-state index in [1.165, 1.54) is 30.2 Å². The lowest BCUT2D eigenvalue weighted by Gasteiger charge is -2.04. The Kier molecular flexibility index (Phi) is 4.35. The summed E-state index contributed by atoms with van der Waals surface area (Å²) >= 11 is 4.64. The van der Waals surface area contributed by atoms with Gasteiger partial charge in [-0.25, -0.2) is 9.37 Å². The van der Waals surface area contributed by atoms with Crippen LogP contribution >= 0.6 is 27.3 Å². The van der Waals surface area contributed by atoms with Gasteiger partial charge in [-0.2, -0.15) is 0 Å². The fourth-order valence-electron chi connectivity index (χ4n) is 2.01. The van der Waals surface area contributed by atoms with Crippen LogP contribution in [0.25, 0.3) is 0 Å². The van der Waals surface area contributed by atoms with Crippen molar-refractivity contribution in [3.63, 3.8) is 0 Å². The summed E-state index contributed by atoms with van der Waals surface area (Å²) < 4.78 is 13.6. The summed E-state index contributed by atoms with van der Waals surface area (Å²) in [5, 5.41) is 3.95. The van der Waals surface area contributed by atoms with E-state index in [4.69, 9.17) is 0 Å². The van der Waals surface area contributed by atoms with Gasteiger partial charge in [0.05, 0.1) is 15.7 Å². The maximum atomic E-state index is 13.1. The monoisotopic (exact) mass is 368 g/mol. The predicted octanol–water partition coefficient (Wildman–Crippen LogP) is 3.89. The first-order valence-electron chi connectivity index (χ1n) is 6.81. The van der Waals surface area contributed by atoms with Crippen LogP contribution < -0.4 is 5.32 Å². The lowest BCUT2D eigenvalue weighted by Crippen LogP contribution is -2.24. The molecule has 110 valence electrons. The van der Waals surface area contributed by atoms with E-state index in [0.29, 0.717) is 28.2 Å². The van der Waals surface area contributed by atoms with Crippen molar-refractivity contribution in [2.75, 3.05) is 6.54 Å². The van der Waals surface area contributed by atoms with Gasteiger partial charge in [-0.05, 0) is 52.9 Å². The molecule has 1 fully saturated rings. The van der Waals surface area contributed by atoms with E-state index >= 15 is 0 Å². The van der Waals surface area contributed by atoms with Crippen molar-refractivity contribution in [2.24, 2.45) is 0 Å². The molecule has 6 heteroatoms. The molecule has 1 aliphatic carbocycles. The molecule has 0 saturated heterocycles. The van der Waals surface area contributed by atoms with Gasteiger partial charge in [-0.1, -0.05) is 6.07 Å². The van der Waals surface area contributed by atoms with Crippen molar-refractivity contribution in [1.82, 2.24) is 10.3 Å². The molecule has 0 bridgehead atoms. The second-order valence-corrected chi connectivity index (χ2v) is 7.01. The van der Waals surface area contributed by atoms with Gasteiger partial charge in [0.25, 0.3) is 5.91 Å². The maximum Gasteiger partial charge on any atom is 0.263 e. The van der Waals surface area contributed by atoms with Crippen molar-refractivity contribution in [3.05, 3.63) is 50.1 Å². The number of rotatable bonds is 5. The minimum absolute atomic E-state index is 0.0828. The Labute approximate surface area is 134 Å². The van der Waals surface area contributed by atoms with E-state index in [2.05, 4.69) is 26.2 Å². The number of carbonyl (C=O) groups is 1. The Morgan fingerprint density at radius 2 is 2.29 bits per heavy atom. The highest BCUT2D eigenvalue weighted by Crippen LogP contribution is 2.41. The molecule has 1 aromatic carbocycles. The number of thiazole rings is 1. The topological polar surface area (TPSA) is 42.0 Å². The number of nitrogens with one attached hydrogen (secondary N) is 1. The van der Waals surface area contributed by atoms with E-state index in [9.17, 15) is 9.18 Å². The second-order valence-electron chi connectivity index (χ2n) is 5.09. The Morgan fingerprint density at radius 3 is 3.00 bits per heavy atom. The molecule has 2 aromatic rings. The first-order valence-corrected chi connectivity index (χ1v) is 8.42. The molecule has 0 atom stereocenters. The molecule has 1 heterocycles. The van der Waals surface area contributed by atoms with E-state index in [1.807, 2.05) is 0 Å². The highest BCUT2D eigenvalue weighted by molar-refractivity contribution is 9.10. The molecule has 0 unspecified atom stereocenters. The quantitative estimate of drug-likeness (QED) is 0.869. The number of benzene rings is 1. The van der Waals surface area contributed by atoms with E-state index < -0.39 is 0 Å². The first kappa shape index (κ1) is 14.7. The van der Waals surface area contributed by atoms with Crippen LogP contribution in [-0.2, 0) is 6.42 Å². The normalized spacial score (nSPS) is 14.2. The summed E-state index contributed by atoms with van der Waals surface area (Å²) in [4.78, 5) is 17.0. The van der Waals surface area contributed by atoms with Gasteiger partial charge >= 0.3 is 0 Å². The van der Waals surface area contributed by atoms with Crippen LogP contribution in [0.15, 0.2) is 28.9 Å². The zero-order valence-electron chi connectivity index (χ0n) is 11.2. The van der Waals surface area contributed by atoms with Gasteiger partial charge in [-0.15, -0.1) is 11.3 Å². The molecule has 1 amide bonds. The standard InChI is InChI=1S/C15H14BrFN2OS/c16-11-7-9(1-4-12(11)17)5-6-18-14(20)13-8-19-15(21-13)10-2-3-10/h1,4,7-8,10H,2-3,5-6H2,(H,18,20). The number of amides is 1. The average Bonchev–Trinajstić information content (AvgIpc) is 3.20. The zero-order chi connectivity index (χ0) is 14.8. The highest BCUT2D eigenvalue weighted by atomic mass is 79.9. The maximum absolute atomic E-state index is 13.1. The highest BCUT2D eigenvalue weighted by Gasteiger charge is 2.27. The fraction of sp³-hybridized carbons (Fsp3) is 0.333. The first-order chi connectivity index (χ1) is 10.1. The third-order valence-corrected chi connectivity index (χ3v) is 5.12. The lowest BCUT2D eigenvalue weighted by atomic mass is 10.1. The largest absolute Gasteiger partial charge is 0.351 e. The van der Waals surface area contributed by atoms with Crippen LogP contribution in [-0.4, -0.2) is 17.4 Å². The van der Waals surface area contributed by atoms with Crippen LogP contribution in [0.1, 0.15) is 39.0 Å². The smallest absolute Gasteiger partial charge is 0.263 e. The molecule has 0 spiro atoms. The van der Waals surface area contributed by atoms with Crippen LogP contribution in [0.4, 0.5) is 4.39 Å². The zero-order valence-corrected chi connectivity index (χ0v) is 13.6. The number of hydrogen-bond donors (Lipinski definition) is 1. The van der Waals surface area contributed by atoms with Crippen LogP contribution in [0, 0.1) is 5.82 Å². The van der Waals surface area contributed by atoms with Crippen LogP contribution in [0.5, 0.6) is 0 Å². The van der Waals surface area contributed by atoms with Gasteiger partial charge in [0.2, 0.25) is 0 Å². The molecule has 1 N–H and O–H groups in total. The number of aromatic nitrogens is 1. The van der Waals surface area contributed by atoms with Gasteiger partial charge in [0, 0.05) is 12.5 Å². The molecule has 0 radical (unpaired) electrons. The van der Waals surface area contributed by atoms with Crippen molar-refractivity contribution in [2.45, 2.75) is 25.2 Å². The molecule has 3 nitrogen and oxygen atoms in total. The van der Waals surface area contributed by atoms with Crippen molar-refractivity contribution in [1.29, 1.82) is 0 Å². The summed E-state index contributed by atoms with van der Waals surface area (Å²) in [5.74, 6) is 0.216. The van der Waals surface area contributed by atoms with Crippen molar-refractivity contribution in [3.8, 4) is 0 Å². The summed E-state index contributed by atoms with van der Waals surface area (Å²) in [7, 11) is 0. The number of hydrogen-bond acceptors (Lipinski definition) is 3. The molecule has 21 heavy (non-hydrogen) atoms. The number of carbonyl (C=O) groups excluding carboxylic acids is 1. The Bertz CT molecular complexity index is 669.